The van der Waals surface area contributed by atoms with E-state index in [1.807, 2.05) is 0 Å². The van der Waals surface area contributed by atoms with Crippen LogP contribution in [0.2, 0.25) is 0 Å². The monoisotopic (exact) mass is 317 g/mol. The minimum atomic E-state index is -4.87. The molecule has 0 aliphatic carbocycles. The van der Waals surface area contributed by atoms with Crippen molar-refractivity contribution in [3.8, 4) is 11.5 Å². The summed E-state index contributed by atoms with van der Waals surface area (Å²) in [5, 5.41) is 0. The van der Waals surface area contributed by atoms with Crippen LogP contribution in [0.15, 0.2) is 18.2 Å². The molecule has 0 bridgehead atoms. The van der Waals surface area contributed by atoms with Gasteiger partial charge in [0, 0.05) is 24.1 Å². The fourth-order valence-corrected chi connectivity index (χ4v) is 1.67. The van der Waals surface area contributed by atoms with Crippen LogP contribution in [0.1, 0.15) is 24.4 Å². The van der Waals surface area contributed by atoms with Gasteiger partial charge in [-0.3, -0.25) is 0 Å². The van der Waals surface area contributed by atoms with Crippen molar-refractivity contribution >= 4 is 0 Å². The lowest BCUT2D eigenvalue weighted by atomic mass is 10.0. The normalized spacial score (nSPS) is 13.9. The van der Waals surface area contributed by atoms with E-state index in [2.05, 4.69) is 4.74 Å². The first kappa shape index (κ1) is 17.4. The van der Waals surface area contributed by atoms with Crippen molar-refractivity contribution < 1.29 is 35.8 Å². The van der Waals surface area contributed by atoms with Crippen molar-refractivity contribution in [2.75, 3.05) is 7.11 Å². The highest BCUT2D eigenvalue weighted by Crippen LogP contribution is 2.34. The minimum Gasteiger partial charge on any atom is -0.496 e. The Kier molecular flexibility index (Phi) is 5.32. The molecule has 0 heterocycles. The van der Waals surface area contributed by atoms with Gasteiger partial charge in [0.2, 0.25) is 0 Å². The van der Waals surface area contributed by atoms with Crippen LogP contribution >= 0.6 is 0 Å². The molecule has 120 valence electrons. The first-order valence-electron chi connectivity index (χ1n) is 5.78. The van der Waals surface area contributed by atoms with Gasteiger partial charge < -0.3 is 15.2 Å². The first-order valence-corrected chi connectivity index (χ1v) is 5.78. The van der Waals surface area contributed by atoms with E-state index in [4.69, 9.17) is 10.5 Å². The Balaban J connectivity index is 2.88. The second-order valence-electron chi connectivity index (χ2n) is 4.21. The number of rotatable bonds is 5. The number of halogens is 6. The summed E-state index contributed by atoms with van der Waals surface area (Å²) in [7, 11) is 1.17. The smallest absolute Gasteiger partial charge is 0.496 e. The second kappa shape index (κ2) is 6.42. The summed E-state index contributed by atoms with van der Waals surface area (Å²) in [6, 6.07) is 2.04. The molecule has 21 heavy (non-hydrogen) atoms. The molecule has 0 unspecified atom stereocenters. The van der Waals surface area contributed by atoms with Crippen molar-refractivity contribution in [2.24, 2.45) is 5.73 Å². The molecule has 1 aromatic rings. The Morgan fingerprint density at radius 1 is 1.14 bits per heavy atom. The third-order valence-electron chi connectivity index (χ3n) is 2.58. The first-order chi connectivity index (χ1) is 9.52. The molecule has 9 heteroatoms. The quantitative estimate of drug-likeness (QED) is 0.837. The van der Waals surface area contributed by atoms with Gasteiger partial charge in [-0.05, 0) is 12.5 Å². The van der Waals surface area contributed by atoms with Crippen molar-refractivity contribution in [1.29, 1.82) is 0 Å². The molecule has 0 saturated heterocycles. The van der Waals surface area contributed by atoms with Crippen molar-refractivity contribution in [3.05, 3.63) is 23.8 Å². The number of benzene rings is 1. The zero-order valence-corrected chi connectivity index (χ0v) is 10.9. The Morgan fingerprint density at radius 2 is 1.76 bits per heavy atom. The van der Waals surface area contributed by atoms with E-state index in [-0.39, 0.29) is 11.3 Å². The lowest BCUT2D eigenvalue weighted by Crippen LogP contribution is -2.18. The predicted molar refractivity (Wildman–Crippen MR) is 61.9 cm³/mol. The van der Waals surface area contributed by atoms with E-state index in [1.54, 1.807) is 0 Å². The molecule has 1 aromatic carbocycles. The van der Waals surface area contributed by atoms with Gasteiger partial charge in [-0.25, -0.2) is 0 Å². The van der Waals surface area contributed by atoms with Crippen molar-refractivity contribution in [3.63, 3.8) is 0 Å². The van der Waals surface area contributed by atoms with Crippen LogP contribution in [0.25, 0.3) is 0 Å². The van der Waals surface area contributed by atoms with Gasteiger partial charge in [0.15, 0.2) is 0 Å². The second-order valence-corrected chi connectivity index (χ2v) is 4.21. The molecule has 0 aromatic heterocycles. The van der Waals surface area contributed by atoms with Crippen LogP contribution in [0.5, 0.6) is 11.5 Å². The predicted octanol–water partition coefficient (Wildman–Crippen LogP) is 3.94. The van der Waals surface area contributed by atoms with E-state index >= 15 is 0 Å². The van der Waals surface area contributed by atoms with Crippen molar-refractivity contribution in [2.45, 2.75) is 31.4 Å². The zero-order valence-electron chi connectivity index (χ0n) is 10.9. The summed E-state index contributed by atoms with van der Waals surface area (Å²) in [5.74, 6) is -0.599. The van der Waals surface area contributed by atoms with Gasteiger partial charge in [0.1, 0.15) is 11.5 Å². The number of nitrogens with two attached hydrogens (primary N) is 1. The third-order valence-corrected chi connectivity index (χ3v) is 2.58. The molecule has 1 atom stereocenters. The van der Waals surface area contributed by atoms with Crippen LogP contribution in [-0.4, -0.2) is 19.6 Å². The molecule has 0 fully saturated rings. The maximum atomic E-state index is 12.1. The lowest BCUT2D eigenvalue weighted by molar-refractivity contribution is -0.274. The third kappa shape index (κ3) is 6.11. The van der Waals surface area contributed by atoms with E-state index < -0.39 is 37.2 Å². The summed E-state index contributed by atoms with van der Waals surface area (Å²) in [4.78, 5) is 0. The molecule has 0 aliphatic heterocycles. The molecule has 0 amide bonds. The van der Waals surface area contributed by atoms with Crippen LogP contribution < -0.4 is 15.2 Å². The topological polar surface area (TPSA) is 44.5 Å². The molecule has 3 nitrogen and oxygen atoms in total. The number of alkyl halides is 6. The van der Waals surface area contributed by atoms with Gasteiger partial charge in [-0.1, -0.05) is 6.07 Å². The molecule has 0 spiro atoms. The highest BCUT2D eigenvalue weighted by molar-refractivity contribution is 5.42. The highest BCUT2D eigenvalue weighted by Gasteiger charge is 2.32. The van der Waals surface area contributed by atoms with Crippen LogP contribution in [-0.2, 0) is 0 Å². The van der Waals surface area contributed by atoms with Crippen LogP contribution in [0.3, 0.4) is 0 Å². The molecule has 2 N–H and O–H groups in total. The van der Waals surface area contributed by atoms with Gasteiger partial charge in [0.25, 0.3) is 0 Å². The maximum absolute atomic E-state index is 12.1. The number of ether oxygens (including phenoxy) is 2. The summed E-state index contributed by atoms with van der Waals surface area (Å²) in [6.45, 7) is 0. The Hall–Kier alpha value is -1.64. The molecular weight excluding hydrogens is 304 g/mol. The summed E-state index contributed by atoms with van der Waals surface area (Å²) < 4.78 is 81.2. The van der Waals surface area contributed by atoms with Gasteiger partial charge in [0.05, 0.1) is 7.11 Å². The van der Waals surface area contributed by atoms with E-state index in [0.717, 1.165) is 18.2 Å². The SMILES string of the molecule is COc1cc(OC(F)(F)F)ccc1[C@@H](N)CCC(F)(F)F. The Bertz CT molecular complexity index is 472. The van der Waals surface area contributed by atoms with Gasteiger partial charge in [-0.2, -0.15) is 13.2 Å². The van der Waals surface area contributed by atoms with Gasteiger partial charge in [-0.15, -0.1) is 13.2 Å². The molecule has 1 rings (SSSR count). The summed E-state index contributed by atoms with van der Waals surface area (Å²) in [6.07, 6.45) is -10.7. The minimum absolute atomic E-state index is 0.0635. The summed E-state index contributed by atoms with van der Waals surface area (Å²) >= 11 is 0. The van der Waals surface area contributed by atoms with E-state index in [1.165, 1.54) is 7.11 Å². The van der Waals surface area contributed by atoms with Gasteiger partial charge >= 0.3 is 12.5 Å². The fourth-order valence-electron chi connectivity index (χ4n) is 1.67. The zero-order chi connectivity index (χ0) is 16.3. The van der Waals surface area contributed by atoms with Crippen LogP contribution in [0, 0.1) is 0 Å². The molecular formula is C12H13F6NO2. The van der Waals surface area contributed by atoms with Crippen molar-refractivity contribution in [1.82, 2.24) is 0 Å². The highest BCUT2D eigenvalue weighted by atomic mass is 19.4. The average Bonchev–Trinajstić information content (AvgIpc) is 2.33. The largest absolute Gasteiger partial charge is 0.573 e. The average molecular weight is 317 g/mol. The Labute approximate surface area is 116 Å². The summed E-state index contributed by atoms with van der Waals surface area (Å²) in [5.41, 5.74) is 5.79. The van der Waals surface area contributed by atoms with E-state index in [0.29, 0.717) is 0 Å². The maximum Gasteiger partial charge on any atom is 0.573 e. The number of hydrogen-bond donors (Lipinski definition) is 1. The molecule has 0 aliphatic rings. The molecule has 0 saturated carbocycles. The Morgan fingerprint density at radius 3 is 2.24 bits per heavy atom. The number of hydrogen-bond acceptors (Lipinski definition) is 3. The standard InChI is InChI=1S/C12H13F6NO2/c1-20-10-6-7(21-12(16,17)18)2-3-8(10)9(19)4-5-11(13,14)15/h2-3,6,9H,4-5,19H2,1H3/t9-/m0/s1. The number of methoxy groups -OCH3 is 1. The molecule has 0 radical (unpaired) electrons. The van der Waals surface area contributed by atoms with E-state index in [9.17, 15) is 26.3 Å². The fraction of sp³-hybridized carbons (Fsp3) is 0.500. The van der Waals surface area contributed by atoms with Crippen LogP contribution in [0.4, 0.5) is 26.3 Å². The lowest BCUT2D eigenvalue weighted by Gasteiger charge is -2.18.